The number of aromatic nitrogens is 3. The molecule has 1 aromatic rings. The summed E-state index contributed by atoms with van der Waals surface area (Å²) in [6.07, 6.45) is 1.21. The summed E-state index contributed by atoms with van der Waals surface area (Å²) in [4.78, 5) is 6.41. The zero-order valence-corrected chi connectivity index (χ0v) is 12.6. The van der Waals surface area contributed by atoms with Crippen LogP contribution in [0, 0.1) is 0 Å². The Balaban J connectivity index is 2.24. The van der Waals surface area contributed by atoms with Gasteiger partial charge in [0.1, 0.15) is 10.6 Å². The molecular weight excluding hydrogens is 266 g/mol. The lowest BCUT2D eigenvalue weighted by atomic mass is 10.2. The monoisotopic (exact) mass is 287 g/mol. The highest BCUT2D eigenvalue weighted by Gasteiger charge is 2.36. The summed E-state index contributed by atoms with van der Waals surface area (Å²) < 4.78 is 22.5. The number of rotatable bonds is 3. The van der Waals surface area contributed by atoms with Gasteiger partial charge in [0.25, 0.3) is 0 Å². The highest BCUT2D eigenvalue weighted by Crippen LogP contribution is 2.27. The number of piperazine rings is 1. The van der Waals surface area contributed by atoms with Crippen molar-refractivity contribution in [3.8, 4) is 0 Å². The molecule has 1 fully saturated rings. The number of sulfone groups is 1. The molecule has 2 heterocycles. The molecule has 0 unspecified atom stereocenters. The van der Waals surface area contributed by atoms with Gasteiger partial charge in [0.05, 0.1) is 0 Å². The summed E-state index contributed by atoms with van der Waals surface area (Å²) in [5, 5.41) is 10.3. The lowest BCUT2D eigenvalue weighted by Crippen LogP contribution is -2.49. The number of anilines is 1. The van der Waals surface area contributed by atoms with Gasteiger partial charge in [0, 0.05) is 31.9 Å². The molecule has 0 radical (unpaired) electrons. The van der Waals surface area contributed by atoms with Crippen molar-refractivity contribution in [1.29, 1.82) is 0 Å². The maximum absolute atomic E-state index is 11.8. The van der Waals surface area contributed by atoms with Crippen molar-refractivity contribution in [3.05, 3.63) is 5.82 Å². The fraction of sp³-hybridized carbons (Fsp3) is 0.818. The van der Waals surface area contributed by atoms with Crippen LogP contribution in [0.5, 0.6) is 0 Å². The van der Waals surface area contributed by atoms with Crippen LogP contribution in [0.25, 0.3) is 0 Å². The molecule has 0 spiro atoms. The second-order valence-electron chi connectivity index (χ2n) is 5.57. The maximum atomic E-state index is 11.8. The molecule has 7 nitrogen and oxygen atoms in total. The Kier molecular flexibility index (Phi) is 3.57. The number of hydrogen-bond acceptors (Lipinski definition) is 6. The van der Waals surface area contributed by atoms with Gasteiger partial charge >= 0.3 is 0 Å². The number of nitrogens with zero attached hydrogens (tertiary/aromatic N) is 3. The molecule has 19 heavy (non-hydrogen) atoms. The zero-order chi connectivity index (χ0) is 14.3. The molecule has 0 bridgehead atoms. The van der Waals surface area contributed by atoms with E-state index in [9.17, 15) is 8.42 Å². The van der Waals surface area contributed by atoms with Crippen molar-refractivity contribution in [2.75, 3.05) is 30.8 Å². The van der Waals surface area contributed by atoms with Crippen molar-refractivity contribution in [1.82, 2.24) is 20.5 Å². The largest absolute Gasteiger partial charge is 0.337 e. The average molecular weight is 287 g/mol. The van der Waals surface area contributed by atoms with Crippen LogP contribution in [0.3, 0.4) is 0 Å². The van der Waals surface area contributed by atoms with Crippen LogP contribution in [-0.2, 0) is 14.6 Å². The quantitative estimate of drug-likeness (QED) is 0.805. The van der Waals surface area contributed by atoms with Crippen molar-refractivity contribution in [2.45, 2.75) is 31.6 Å². The Hall–Kier alpha value is -1.15. The SMILES string of the molecule is C[C@H]1CN(c2n[nH]c(C(C)(C)S(C)(=O)=O)n2)CCN1. The van der Waals surface area contributed by atoms with E-state index in [4.69, 9.17) is 0 Å². The van der Waals surface area contributed by atoms with Gasteiger partial charge in [0.15, 0.2) is 9.84 Å². The van der Waals surface area contributed by atoms with Crippen molar-refractivity contribution in [3.63, 3.8) is 0 Å². The molecule has 2 N–H and O–H groups in total. The van der Waals surface area contributed by atoms with Gasteiger partial charge in [-0.25, -0.2) is 8.42 Å². The molecule has 0 aromatic carbocycles. The second kappa shape index (κ2) is 4.75. The lowest BCUT2D eigenvalue weighted by molar-refractivity contribution is 0.479. The van der Waals surface area contributed by atoms with E-state index < -0.39 is 14.6 Å². The molecule has 8 heteroatoms. The summed E-state index contributed by atoms with van der Waals surface area (Å²) in [6, 6.07) is 0.374. The van der Waals surface area contributed by atoms with Crippen LogP contribution in [0.15, 0.2) is 0 Å². The molecule has 0 amide bonds. The lowest BCUT2D eigenvalue weighted by Gasteiger charge is -2.30. The highest BCUT2D eigenvalue weighted by molar-refractivity contribution is 7.91. The normalized spacial score (nSPS) is 21.7. The third-order valence-electron chi connectivity index (χ3n) is 3.62. The van der Waals surface area contributed by atoms with Gasteiger partial charge in [-0.05, 0) is 20.8 Å². The molecule has 1 atom stereocenters. The fourth-order valence-corrected chi connectivity index (χ4v) is 2.40. The van der Waals surface area contributed by atoms with Crippen molar-refractivity contribution < 1.29 is 8.42 Å². The third kappa shape index (κ3) is 2.74. The number of nitrogens with one attached hydrogen (secondary N) is 2. The van der Waals surface area contributed by atoms with Gasteiger partial charge in [-0.15, -0.1) is 5.10 Å². The smallest absolute Gasteiger partial charge is 0.244 e. The van der Waals surface area contributed by atoms with E-state index in [-0.39, 0.29) is 0 Å². The van der Waals surface area contributed by atoms with Crippen molar-refractivity contribution >= 4 is 15.8 Å². The molecular formula is C11H21N5O2S. The summed E-state index contributed by atoms with van der Waals surface area (Å²) in [5.74, 6) is 0.955. The summed E-state index contributed by atoms with van der Waals surface area (Å²) in [6.45, 7) is 7.87. The Morgan fingerprint density at radius 2 is 2.11 bits per heavy atom. The minimum atomic E-state index is -3.25. The molecule has 1 aliphatic heterocycles. The van der Waals surface area contributed by atoms with E-state index in [2.05, 4.69) is 32.3 Å². The third-order valence-corrected chi connectivity index (χ3v) is 5.67. The Labute approximate surface area is 113 Å². The topological polar surface area (TPSA) is 91.0 Å². The standard InChI is InChI=1S/C11H21N5O2S/c1-8-7-16(6-5-12-8)10-13-9(14-15-10)11(2,3)19(4,17)18/h8,12H,5-7H2,1-4H3,(H,13,14,15)/t8-/m0/s1. The van der Waals surface area contributed by atoms with Crippen LogP contribution in [0.1, 0.15) is 26.6 Å². The first-order valence-electron chi connectivity index (χ1n) is 6.32. The van der Waals surface area contributed by atoms with Gasteiger partial charge in [-0.1, -0.05) is 0 Å². The van der Waals surface area contributed by atoms with E-state index in [1.165, 1.54) is 6.26 Å². The Bertz CT molecular complexity index is 551. The van der Waals surface area contributed by atoms with Crippen LogP contribution in [0.4, 0.5) is 5.95 Å². The molecule has 108 valence electrons. The van der Waals surface area contributed by atoms with Crippen LogP contribution < -0.4 is 10.2 Å². The number of hydrogen-bond donors (Lipinski definition) is 2. The van der Waals surface area contributed by atoms with E-state index >= 15 is 0 Å². The first-order valence-corrected chi connectivity index (χ1v) is 8.22. The van der Waals surface area contributed by atoms with E-state index in [1.807, 2.05) is 0 Å². The minimum absolute atomic E-state index is 0.374. The molecule has 1 saturated heterocycles. The molecule has 1 aliphatic rings. The summed E-state index contributed by atoms with van der Waals surface area (Å²) in [5.41, 5.74) is 0. The Morgan fingerprint density at radius 1 is 1.42 bits per heavy atom. The predicted molar refractivity (Wildman–Crippen MR) is 73.9 cm³/mol. The predicted octanol–water partition coefficient (Wildman–Crippen LogP) is -0.117. The maximum Gasteiger partial charge on any atom is 0.244 e. The average Bonchev–Trinajstić information content (AvgIpc) is 2.77. The van der Waals surface area contributed by atoms with E-state index in [1.54, 1.807) is 13.8 Å². The minimum Gasteiger partial charge on any atom is -0.337 e. The van der Waals surface area contributed by atoms with E-state index in [0.29, 0.717) is 17.8 Å². The van der Waals surface area contributed by atoms with Crippen LogP contribution in [0.2, 0.25) is 0 Å². The molecule has 0 aliphatic carbocycles. The molecule has 2 rings (SSSR count). The first kappa shape index (κ1) is 14.3. The number of H-pyrrole nitrogens is 1. The van der Waals surface area contributed by atoms with Gasteiger partial charge in [-0.3, -0.25) is 5.10 Å². The number of aromatic amines is 1. The van der Waals surface area contributed by atoms with Gasteiger partial charge in [0.2, 0.25) is 5.95 Å². The Morgan fingerprint density at radius 3 is 2.68 bits per heavy atom. The first-order chi connectivity index (χ1) is 8.72. The van der Waals surface area contributed by atoms with E-state index in [0.717, 1.165) is 19.6 Å². The molecule has 0 saturated carbocycles. The summed E-state index contributed by atoms with van der Waals surface area (Å²) >= 11 is 0. The zero-order valence-electron chi connectivity index (χ0n) is 11.8. The van der Waals surface area contributed by atoms with Gasteiger partial charge in [-0.2, -0.15) is 4.98 Å². The second-order valence-corrected chi connectivity index (χ2v) is 8.13. The molecule has 1 aromatic heterocycles. The fourth-order valence-electron chi connectivity index (χ4n) is 1.95. The highest BCUT2D eigenvalue weighted by atomic mass is 32.2. The van der Waals surface area contributed by atoms with Crippen LogP contribution in [-0.4, -0.2) is 55.5 Å². The van der Waals surface area contributed by atoms with Gasteiger partial charge < -0.3 is 10.2 Å². The van der Waals surface area contributed by atoms with Crippen LogP contribution >= 0.6 is 0 Å². The van der Waals surface area contributed by atoms with Crippen molar-refractivity contribution in [2.24, 2.45) is 0 Å². The summed E-state index contributed by atoms with van der Waals surface area (Å²) in [7, 11) is -3.25.